The smallest absolute Gasteiger partial charge is 0.267 e. The van der Waals surface area contributed by atoms with Crippen LogP contribution in [0.1, 0.15) is 32.1 Å². The molecule has 0 bridgehead atoms. The predicted octanol–water partition coefficient (Wildman–Crippen LogP) is 4.36. The number of rotatable bonds is 4. The van der Waals surface area contributed by atoms with E-state index < -0.39 is 23.2 Å². The van der Waals surface area contributed by atoms with Gasteiger partial charge in [0.1, 0.15) is 17.5 Å². The summed E-state index contributed by atoms with van der Waals surface area (Å²) < 4.78 is 28.6. The third-order valence-corrected chi connectivity index (χ3v) is 4.35. The summed E-state index contributed by atoms with van der Waals surface area (Å²) in [6.07, 6.45) is 0.552. The minimum Gasteiger partial charge on any atom is -0.321 e. The molecule has 3 aromatic rings. The fraction of sp³-hybridized carbons (Fsp3) is 0.263. The first kappa shape index (κ1) is 18.5. The Balaban J connectivity index is 2.38. The molecule has 0 fully saturated rings. The van der Waals surface area contributed by atoms with Crippen LogP contribution in [0.3, 0.4) is 0 Å². The van der Waals surface area contributed by atoms with Gasteiger partial charge in [0, 0.05) is 6.07 Å². The van der Waals surface area contributed by atoms with Gasteiger partial charge in [-0.25, -0.2) is 13.8 Å². The lowest BCUT2D eigenvalue weighted by Gasteiger charge is -2.20. The van der Waals surface area contributed by atoms with Gasteiger partial charge in [0.2, 0.25) is 0 Å². The lowest BCUT2D eigenvalue weighted by Crippen LogP contribution is -2.29. The number of hydrogen-bond donors (Lipinski definition) is 1. The molecule has 3 rings (SSSR count). The maximum Gasteiger partial charge on any atom is 0.267 e. The van der Waals surface area contributed by atoms with Crippen molar-refractivity contribution in [3.63, 3.8) is 0 Å². The van der Waals surface area contributed by atoms with E-state index in [-0.39, 0.29) is 27.8 Å². The first-order chi connectivity index (χ1) is 12.3. The summed E-state index contributed by atoms with van der Waals surface area (Å²) in [6.45, 7) is 3.98. The zero-order valence-corrected chi connectivity index (χ0v) is 15.1. The molecule has 0 aliphatic heterocycles. The highest BCUT2D eigenvalue weighted by Crippen LogP contribution is 2.25. The van der Waals surface area contributed by atoms with Crippen molar-refractivity contribution in [2.45, 2.75) is 26.3 Å². The SMILES string of the molecule is CC(C)CC(N)c1nc2cccc(Cl)c2c(=O)n1-c1cc(F)cc(F)c1. The number of halogens is 3. The van der Waals surface area contributed by atoms with E-state index in [1.54, 1.807) is 18.2 Å². The van der Waals surface area contributed by atoms with E-state index in [1.165, 1.54) is 0 Å². The Kier molecular flexibility index (Phi) is 5.07. The summed E-state index contributed by atoms with van der Waals surface area (Å²) in [7, 11) is 0. The number of nitrogens with zero attached hydrogens (tertiary/aromatic N) is 2. The zero-order chi connectivity index (χ0) is 19.0. The third-order valence-electron chi connectivity index (χ3n) is 4.04. The molecular weight excluding hydrogens is 360 g/mol. The Hall–Kier alpha value is -2.31. The zero-order valence-electron chi connectivity index (χ0n) is 14.3. The van der Waals surface area contributed by atoms with Crippen molar-refractivity contribution in [2.75, 3.05) is 0 Å². The highest BCUT2D eigenvalue weighted by molar-refractivity contribution is 6.35. The van der Waals surface area contributed by atoms with Crippen LogP contribution in [-0.4, -0.2) is 9.55 Å². The van der Waals surface area contributed by atoms with Gasteiger partial charge in [0.25, 0.3) is 5.56 Å². The maximum absolute atomic E-state index is 13.7. The molecule has 0 saturated heterocycles. The molecule has 1 atom stereocenters. The number of fused-ring (bicyclic) bond motifs is 1. The summed E-state index contributed by atoms with van der Waals surface area (Å²) in [5.74, 6) is -1.11. The van der Waals surface area contributed by atoms with Crippen LogP contribution < -0.4 is 11.3 Å². The summed E-state index contributed by atoms with van der Waals surface area (Å²) in [5, 5.41) is 0.397. The second-order valence-electron chi connectivity index (χ2n) is 6.61. The first-order valence-corrected chi connectivity index (χ1v) is 8.59. The third kappa shape index (κ3) is 3.48. The highest BCUT2D eigenvalue weighted by atomic mass is 35.5. The Morgan fingerprint density at radius 3 is 2.46 bits per heavy atom. The molecule has 26 heavy (non-hydrogen) atoms. The molecule has 0 amide bonds. The van der Waals surface area contributed by atoms with Gasteiger partial charge in [-0.2, -0.15) is 0 Å². The molecule has 1 heterocycles. The second kappa shape index (κ2) is 7.13. The summed E-state index contributed by atoms with van der Waals surface area (Å²) in [4.78, 5) is 17.6. The van der Waals surface area contributed by atoms with Crippen LogP contribution in [0, 0.1) is 17.6 Å². The summed E-state index contributed by atoms with van der Waals surface area (Å²) in [6, 6.07) is 7.20. The van der Waals surface area contributed by atoms with Gasteiger partial charge in [0.15, 0.2) is 0 Å². The van der Waals surface area contributed by atoms with Crippen LogP contribution in [0.2, 0.25) is 5.02 Å². The molecule has 0 spiro atoms. The number of hydrogen-bond acceptors (Lipinski definition) is 3. The molecule has 2 aromatic carbocycles. The quantitative estimate of drug-likeness (QED) is 0.734. The van der Waals surface area contributed by atoms with E-state index in [4.69, 9.17) is 17.3 Å². The Bertz CT molecular complexity index is 1010. The van der Waals surface area contributed by atoms with Crippen LogP contribution in [0.5, 0.6) is 0 Å². The molecule has 2 N–H and O–H groups in total. The Morgan fingerprint density at radius 2 is 1.85 bits per heavy atom. The van der Waals surface area contributed by atoms with E-state index in [0.717, 1.165) is 22.8 Å². The average Bonchev–Trinajstić information content (AvgIpc) is 2.52. The Labute approximate surface area is 154 Å². The number of nitrogens with two attached hydrogens (primary N) is 1. The van der Waals surface area contributed by atoms with Crippen molar-refractivity contribution in [1.82, 2.24) is 9.55 Å². The molecule has 7 heteroatoms. The first-order valence-electron chi connectivity index (χ1n) is 8.21. The molecule has 136 valence electrons. The van der Waals surface area contributed by atoms with Crippen LogP contribution in [0.25, 0.3) is 16.6 Å². The van der Waals surface area contributed by atoms with Crippen molar-refractivity contribution in [1.29, 1.82) is 0 Å². The van der Waals surface area contributed by atoms with Crippen LogP contribution in [-0.2, 0) is 0 Å². The highest BCUT2D eigenvalue weighted by Gasteiger charge is 2.21. The van der Waals surface area contributed by atoms with Crippen molar-refractivity contribution in [2.24, 2.45) is 11.7 Å². The molecule has 0 aliphatic rings. The lowest BCUT2D eigenvalue weighted by atomic mass is 10.0. The molecule has 1 aromatic heterocycles. The summed E-state index contributed by atoms with van der Waals surface area (Å²) in [5.41, 5.74) is 6.17. The maximum atomic E-state index is 13.7. The summed E-state index contributed by atoms with van der Waals surface area (Å²) >= 11 is 6.17. The normalized spacial score (nSPS) is 12.7. The van der Waals surface area contributed by atoms with Crippen LogP contribution in [0.15, 0.2) is 41.2 Å². The van der Waals surface area contributed by atoms with Crippen molar-refractivity contribution in [3.8, 4) is 5.69 Å². The van der Waals surface area contributed by atoms with Crippen LogP contribution >= 0.6 is 11.6 Å². The Morgan fingerprint density at radius 1 is 1.19 bits per heavy atom. The van der Waals surface area contributed by atoms with E-state index in [1.807, 2.05) is 13.8 Å². The molecule has 1 unspecified atom stereocenters. The molecule has 4 nitrogen and oxygen atoms in total. The van der Waals surface area contributed by atoms with E-state index in [0.29, 0.717) is 11.9 Å². The van der Waals surface area contributed by atoms with Gasteiger partial charge in [-0.1, -0.05) is 31.5 Å². The average molecular weight is 378 g/mol. The topological polar surface area (TPSA) is 60.9 Å². The van der Waals surface area contributed by atoms with Crippen molar-refractivity contribution in [3.05, 3.63) is 69.2 Å². The van der Waals surface area contributed by atoms with Crippen LogP contribution in [0.4, 0.5) is 8.78 Å². The largest absolute Gasteiger partial charge is 0.321 e. The van der Waals surface area contributed by atoms with Crippen molar-refractivity contribution < 1.29 is 8.78 Å². The molecule has 0 radical (unpaired) electrons. The minimum atomic E-state index is -0.797. The molecule has 0 saturated carbocycles. The minimum absolute atomic E-state index is 0.0241. The van der Waals surface area contributed by atoms with Gasteiger partial charge in [0.05, 0.1) is 27.7 Å². The second-order valence-corrected chi connectivity index (χ2v) is 7.02. The van der Waals surface area contributed by atoms with Gasteiger partial charge in [-0.05, 0) is 36.6 Å². The van der Waals surface area contributed by atoms with E-state index in [2.05, 4.69) is 4.98 Å². The fourth-order valence-electron chi connectivity index (χ4n) is 2.99. The fourth-order valence-corrected chi connectivity index (χ4v) is 3.24. The number of benzene rings is 2. The van der Waals surface area contributed by atoms with Gasteiger partial charge < -0.3 is 5.73 Å². The molecule has 0 aliphatic carbocycles. The van der Waals surface area contributed by atoms with Gasteiger partial charge in [-0.15, -0.1) is 0 Å². The van der Waals surface area contributed by atoms with E-state index in [9.17, 15) is 13.6 Å². The van der Waals surface area contributed by atoms with Crippen molar-refractivity contribution >= 4 is 22.5 Å². The standard InChI is InChI=1S/C19H18ClF2N3O/c1-10(2)6-15(23)18-24-16-5-3-4-14(20)17(16)19(26)25(18)13-8-11(21)7-12(22)9-13/h3-5,7-10,15H,6,23H2,1-2H3. The monoisotopic (exact) mass is 377 g/mol. The van der Waals surface area contributed by atoms with Gasteiger partial charge >= 0.3 is 0 Å². The number of aromatic nitrogens is 2. The lowest BCUT2D eigenvalue weighted by molar-refractivity contribution is 0.484. The van der Waals surface area contributed by atoms with Gasteiger partial charge in [-0.3, -0.25) is 9.36 Å². The molecular formula is C19H18ClF2N3O. The predicted molar refractivity (Wildman–Crippen MR) is 98.6 cm³/mol. The van der Waals surface area contributed by atoms with E-state index >= 15 is 0 Å².